The fourth-order valence-corrected chi connectivity index (χ4v) is 0. The van der Waals surface area contributed by atoms with Crippen molar-refractivity contribution in [1.29, 1.82) is 0 Å². The number of hydrogen-bond acceptors (Lipinski definition) is 1. The third-order valence-electron chi connectivity index (χ3n) is 0. The Hall–Kier alpha value is 5.96. The average Bonchev–Trinajstić information content (AvgIpc) is 0. The normalized spacial score (nSPS) is 0. The second-order valence-corrected chi connectivity index (χ2v) is 0. The molecule has 0 fully saturated rings. The molecule has 7 heavy (non-hydrogen) atoms. The molecule has 0 radical (unpaired) electrons. The van der Waals surface area contributed by atoms with Crippen molar-refractivity contribution in [2.75, 3.05) is 0 Å². The van der Waals surface area contributed by atoms with E-state index < -0.39 is 0 Å². The molecule has 0 amide bonds. The zero-order chi connectivity index (χ0) is 0. The molecule has 3 N–H and O–H groups in total. The summed E-state index contributed by atoms with van der Waals surface area (Å²) in [4.78, 5) is 0. The Morgan fingerprint density at radius 2 is 0.429 bits per heavy atom. The molecule has 0 heterocycles. The van der Waals surface area contributed by atoms with Gasteiger partial charge in [0, 0.05) is 0 Å². The Balaban J connectivity index is 0. The van der Waals surface area contributed by atoms with Crippen LogP contribution in [0.2, 0.25) is 0 Å². The summed E-state index contributed by atoms with van der Waals surface area (Å²) in [6.07, 6.45) is 0. The first-order valence-corrected chi connectivity index (χ1v) is 0. The number of hydrogen-bond donors (Lipinski definition) is 1. The second-order valence-electron chi connectivity index (χ2n) is 0. The predicted molar refractivity (Wildman–Crippen MR) is 11.7 cm³/mol. The van der Waals surface area contributed by atoms with Crippen molar-refractivity contribution in [1.82, 2.24) is 6.15 Å². The minimum atomic E-state index is 0. The van der Waals surface area contributed by atoms with Crippen LogP contribution in [0.5, 0.6) is 0 Å². The monoisotopic (exact) mass is 161 g/mol. The van der Waals surface area contributed by atoms with Crippen LogP contribution in [0.1, 0.15) is 8.56 Å². The first kappa shape index (κ1) is 52.2. The largest absolute Gasteiger partial charge is 1.00 e. The molecule has 0 aliphatic heterocycles. The molecule has 0 bridgehead atoms. The minimum Gasteiger partial charge on any atom is -1.00 e. The molecule has 0 spiro atoms. The predicted octanol–water partition coefficient (Wildman–Crippen LogP) is -17.1. The maximum atomic E-state index is 0. The quantitative estimate of drug-likeness (QED) is 0.352. The van der Waals surface area contributed by atoms with Crippen molar-refractivity contribution in [3.8, 4) is 0 Å². The van der Waals surface area contributed by atoms with E-state index in [0.29, 0.717) is 0 Å². The summed E-state index contributed by atoms with van der Waals surface area (Å²) < 4.78 is 0. The Kier molecular flexibility index (Phi) is 302. The van der Waals surface area contributed by atoms with Crippen molar-refractivity contribution < 1.29 is 186 Å². The third-order valence-corrected chi connectivity index (χ3v) is 0. The smallest absolute Gasteiger partial charge is 1.00 e. The van der Waals surface area contributed by atoms with Crippen LogP contribution in [-0.2, 0) is 0 Å². The summed E-state index contributed by atoms with van der Waals surface area (Å²) in [7, 11) is 0. The molecular weight excluding hydrogens is 152 g/mol. The van der Waals surface area contributed by atoms with Gasteiger partial charge >= 0.3 is 177 Å². The molecule has 0 aromatic rings. The van der Waals surface area contributed by atoms with E-state index in [2.05, 4.69) is 0 Å². The van der Waals surface area contributed by atoms with Gasteiger partial charge in [-0.1, -0.05) is 0 Å². The zero-order valence-electron chi connectivity index (χ0n) is 12.7. The first-order valence-electron chi connectivity index (χ1n) is 0. The molecule has 7 heteroatoms. The molecule has 1 nitrogen and oxygen atoms in total. The van der Waals surface area contributed by atoms with E-state index in [-0.39, 0.29) is 192 Å². The summed E-state index contributed by atoms with van der Waals surface area (Å²) in [5.41, 5.74) is 0. The van der Waals surface area contributed by atoms with Crippen LogP contribution in [0.3, 0.4) is 0 Å². The molecule has 0 aliphatic rings. The van der Waals surface area contributed by atoms with Gasteiger partial charge in [-0.25, -0.2) is 0 Å². The minimum absolute atomic E-state index is 0. The van der Waals surface area contributed by atoms with Crippen molar-refractivity contribution in [3.63, 3.8) is 0 Å². The molecule has 0 aliphatic carbocycles. The van der Waals surface area contributed by atoms with Crippen molar-refractivity contribution in [3.05, 3.63) is 0 Å². The van der Waals surface area contributed by atoms with E-state index in [1.54, 1.807) is 0 Å². The van der Waals surface area contributed by atoms with Gasteiger partial charge in [0.15, 0.2) is 0 Å². The fraction of sp³-hybridized carbons (Fsp3) is 0. The van der Waals surface area contributed by atoms with E-state index in [9.17, 15) is 0 Å². The second kappa shape index (κ2) is 40.4. The Labute approximate surface area is 187 Å². The van der Waals surface area contributed by atoms with Gasteiger partial charge in [-0.2, -0.15) is 0 Å². The fourth-order valence-electron chi connectivity index (χ4n) is 0. The molecule has 0 saturated carbocycles. The van der Waals surface area contributed by atoms with E-state index in [4.69, 9.17) is 0 Å². The van der Waals surface area contributed by atoms with Crippen molar-refractivity contribution in [2.45, 2.75) is 0 Å². The van der Waals surface area contributed by atoms with Gasteiger partial charge in [-0.15, -0.1) is 0 Å². The van der Waals surface area contributed by atoms with Crippen LogP contribution in [0.4, 0.5) is 0 Å². The summed E-state index contributed by atoms with van der Waals surface area (Å²) in [6, 6.07) is 0. The molecule has 0 atom stereocenters. The van der Waals surface area contributed by atoms with Crippen molar-refractivity contribution in [2.24, 2.45) is 0 Å². The van der Waals surface area contributed by atoms with Crippen LogP contribution in [0, 0.1) is 0 Å². The van der Waals surface area contributed by atoms with Gasteiger partial charge in [0.25, 0.3) is 0 Å². The van der Waals surface area contributed by atoms with Gasteiger partial charge in [-0.05, 0) is 0 Å². The summed E-state index contributed by atoms with van der Waals surface area (Å²) in [6.45, 7) is 0. The maximum Gasteiger partial charge on any atom is 1.00 e. The van der Waals surface area contributed by atoms with Gasteiger partial charge in [-0.3, -0.25) is 0 Å². The van der Waals surface area contributed by atoms with E-state index in [0.717, 1.165) is 0 Å². The van der Waals surface area contributed by atoms with Crippen LogP contribution < -0.4 is 183 Å². The van der Waals surface area contributed by atoms with Crippen LogP contribution in [0.15, 0.2) is 0 Å². The SMILES string of the molecule is N.[H-].[H-].[H-].[H-].[H-].[H-].[Na+].[Na+].[Na+].[Na+].[Na+].[Na+]. The van der Waals surface area contributed by atoms with Crippen LogP contribution >= 0.6 is 0 Å². The molecule has 0 aromatic carbocycles. The van der Waals surface area contributed by atoms with E-state index in [1.165, 1.54) is 0 Å². The van der Waals surface area contributed by atoms with Gasteiger partial charge < -0.3 is 14.7 Å². The summed E-state index contributed by atoms with van der Waals surface area (Å²) >= 11 is 0. The third kappa shape index (κ3) is 33.4. The molecular formula is H9NNa6. The Bertz CT molecular complexity index is 17.1. The molecule has 0 aromatic heterocycles. The maximum absolute atomic E-state index is 0. The van der Waals surface area contributed by atoms with E-state index in [1.807, 2.05) is 0 Å². The van der Waals surface area contributed by atoms with Gasteiger partial charge in [0.05, 0.1) is 0 Å². The Morgan fingerprint density at radius 1 is 0.429 bits per heavy atom. The van der Waals surface area contributed by atoms with Crippen LogP contribution in [0.25, 0.3) is 0 Å². The molecule has 0 saturated heterocycles. The van der Waals surface area contributed by atoms with Gasteiger partial charge in [0.2, 0.25) is 0 Å². The van der Waals surface area contributed by atoms with E-state index >= 15 is 0 Å². The molecule has 0 rings (SSSR count). The zero-order valence-corrected chi connectivity index (χ0v) is 18.7. The summed E-state index contributed by atoms with van der Waals surface area (Å²) in [5.74, 6) is 0. The average molecular weight is 161 g/mol. The first-order chi connectivity index (χ1) is 0. The van der Waals surface area contributed by atoms with Gasteiger partial charge in [0.1, 0.15) is 0 Å². The molecule has 20 valence electrons. The number of rotatable bonds is 0. The van der Waals surface area contributed by atoms with Crippen LogP contribution in [-0.4, -0.2) is 0 Å². The van der Waals surface area contributed by atoms with Crippen molar-refractivity contribution >= 4 is 0 Å². The topological polar surface area (TPSA) is 35.0 Å². The molecule has 0 unspecified atom stereocenters. The Morgan fingerprint density at radius 3 is 0.429 bits per heavy atom. The summed E-state index contributed by atoms with van der Waals surface area (Å²) in [5, 5.41) is 0. The standard InChI is InChI=1S/H3N.6Na.6H/h1H3;;;;;;;;;;;;/q;6*+1;6*-1.